The number of rotatable bonds is 5. The number of benzene rings is 1. The second-order valence-electron chi connectivity index (χ2n) is 5.58. The summed E-state index contributed by atoms with van der Waals surface area (Å²) in [6.45, 7) is 4.87. The third-order valence-electron chi connectivity index (χ3n) is 3.71. The number of carbonyl (C=O) groups excluding carboxylic acids is 1. The Bertz CT molecular complexity index is 640. The van der Waals surface area contributed by atoms with Gasteiger partial charge in [0, 0.05) is 44.1 Å². The molecule has 1 aromatic carbocycles. The maximum absolute atomic E-state index is 11.7. The van der Waals surface area contributed by atoms with Gasteiger partial charge in [-0.2, -0.15) is 4.31 Å². The van der Waals surface area contributed by atoms with E-state index in [4.69, 9.17) is 0 Å². The van der Waals surface area contributed by atoms with E-state index in [2.05, 4.69) is 15.5 Å². The molecular weight excluding hydrogens is 316 g/mol. The van der Waals surface area contributed by atoms with Crippen molar-refractivity contribution in [2.75, 3.05) is 49.2 Å². The summed E-state index contributed by atoms with van der Waals surface area (Å²) in [6.07, 6.45) is 2.13. The van der Waals surface area contributed by atoms with E-state index in [1.807, 2.05) is 31.2 Å². The Morgan fingerprint density at radius 1 is 1.22 bits per heavy atom. The number of hydrogen-bond donors (Lipinski definition) is 2. The van der Waals surface area contributed by atoms with E-state index < -0.39 is 10.0 Å². The molecule has 2 N–H and O–H groups in total. The van der Waals surface area contributed by atoms with Crippen molar-refractivity contribution in [3.8, 4) is 0 Å². The number of piperazine rings is 1. The van der Waals surface area contributed by atoms with Gasteiger partial charge in [-0.1, -0.05) is 13.0 Å². The van der Waals surface area contributed by atoms with Crippen LogP contribution in [0, 0.1) is 0 Å². The molecule has 0 bridgehead atoms. The summed E-state index contributed by atoms with van der Waals surface area (Å²) < 4.78 is 24.6. The van der Waals surface area contributed by atoms with Gasteiger partial charge in [-0.25, -0.2) is 13.2 Å². The molecule has 0 unspecified atom stereocenters. The van der Waals surface area contributed by atoms with Gasteiger partial charge in [0.15, 0.2) is 0 Å². The van der Waals surface area contributed by atoms with Crippen LogP contribution < -0.4 is 15.5 Å². The number of anilines is 2. The molecule has 1 fully saturated rings. The average molecular weight is 340 g/mol. The van der Waals surface area contributed by atoms with Gasteiger partial charge in [-0.15, -0.1) is 0 Å². The van der Waals surface area contributed by atoms with Crippen molar-refractivity contribution in [1.29, 1.82) is 0 Å². The number of nitrogens with one attached hydrogen (secondary N) is 2. The lowest BCUT2D eigenvalue weighted by Crippen LogP contribution is -2.48. The van der Waals surface area contributed by atoms with E-state index in [0.717, 1.165) is 17.8 Å². The lowest BCUT2D eigenvalue weighted by molar-refractivity contribution is 0.252. The molecule has 128 valence electrons. The summed E-state index contributed by atoms with van der Waals surface area (Å²) in [5.74, 6) is 0. The Balaban J connectivity index is 1.97. The average Bonchev–Trinajstić information content (AvgIpc) is 2.52. The summed E-state index contributed by atoms with van der Waals surface area (Å²) in [5, 5.41) is 5.57. The van der Waals surface area contributed by atoms with Gasteiger partial charge < -0.3 is 15.5 Å². The second kappa shape index (κ2) is 7.65. The number of amides is 2. The van der Waals surface area contributed by atoms with Crippen LogP contribution >= 0.6 is 0 Å². The zero-order valence-corrected chi connectivity index (χ0v) is 14.4. The molecule has 0 spiro atoms. The van der Waals surface area contributed by atoms with E-state index in [9.17, 15) is 13.2 Å². The van der Waals surface area contributed by atoms with Crippen molar-refractivity contribution in [3.05, 3.63) is 24.3 Å². The Labute approximate surface area is 137 Å². The van der Waals surface area contributed by atoms with E-state index in [0.29, 0.717) is 32.7 Å². The first-order chi connectivity index (χ1) is 10.9. The van der Waals surface area contributed by atoms with E-state index in [1.165, 1.54) is 10.6 Å². The minimum atomic E-state index is -3.12. The highest BCUT2D eigenvalue weighted by Gasteiger charge is 2.23. The third kappa shape index (κ3) is 5.11. The molecule has 2 amide bonds. The summed E-state index contributed by atoms with van der Waals surface area (Å²) in [4.78, 5) is 13.8. The summed E-state index contributed by atoms with van der Waals surface area (Å²) in [6, 6.07) is 7.37. The van der Waals surface area contributed by atoms with E-state index >= 15 is 0 Å². The van der Waals surface area contributed by atoms with Crippen LogP contribution in [0.15, 0.2) is 24.3 Å². The van der Waals surface area contributed by atoms with Crippen molar-refractivity contribution in [3.63, 3.8) is 0 Å². The summed E-state index contributed by atoms with van der Waals surface area (Å²) >= 11 is 0. The molecule has 0 atom stereocenters. The number of nitrogens with zero attached hydrogens (tertiary/aromatic N) is 2. The number of sulfonamides is 1. The molecule has 0 saturated carbocycles. The Kier molecular flexibility index (Phi) is 5.84. The minimum Gasteiger partial charge on any atom is -0.369 e. The zero-order valence-electron chi connectivity index (χ0n) is 13.6. The molecule has 1 aliphatic heterocycles. The second-order valence-corrected chi connectivity index (χ2v) is 7.56. The molecule has 8 heteroatoms. The molecule has 2 rings (SSSR count). The molecule has 0 aliphatic carbocycles. The van der Waals surface area contributed by atoms with Crippen LogP contribution in [0.3, 0.4) is 0 Å². The van der Waals surface area contributed by atoms with Crippen LogP contribution in [0.25, 0.3) is 0 Å². The highest BCUT2D eigenvalue weighted by Crippen LogP contribution is 2.21. The first kappa shape index (κ1) is 17.6. The standard InChI is InChI=1S/C15H24N4O3S/c1-3-7-16-15(20)17-13-5-4-6-14(12-13)18-8-10-19(11-9-18)23(2,21)22/h4-6,12H,3,7-11H2,1-2H3,(H2,16,17,20). The van der Waals surface area contributed by atoms with E-state index in [1.54, 1.807) is 0 Å². The quantitative estimate of drug-likeness (QED) is 0.846. The van der Waals surface area contributed by atoms with Crippen molar-refractivity contribution < 1.29 is 13.2 Å². The first-order valence-electron chi connectivity index (χ1n) is 7.75. The van der Waals surface area contributed by atoms with Crippen LogP contribution in [-0.4, -0.2) is 57.7 Å². The van der Waals surface area contributed by atoms with Gasteiger partial charge in [0.2, 0.25) is 10.0 Å². The monoisotopic (exact) mass is 340 g/mol. The zero-order chi connectivity index (χ0) is 16.9. The van der Waals surface area contributed by atoms with Crippen LogP contribution in [0.2, 0.25) is 0 Å². The fourth-order valence-electron chi connectivity index (χ4n) is 2.47. The fourth-order valence-corrected chi connectivity index (χ4v) is 3.30. The van der Waals surface area contributed by atoms with Gasteiger partial charge in [0.1, 0.15) is 0 Å². The third-order valence-corrected chi connectivity index (χ3v) is 5.02. The molecule has 0 aromatic heterocycles. The molecule has 1 saturated heterocycles. The molecule has 1 aliphatic rings. The lowest BCUT2D eigenvalue weighted by atomic mass is 10.2. The SMILES string of the molecule is CCCNC(=O)Nc1cccc(N2CCN(S(C)(=O)=O)CC2)c1. The Hall–Kier alpha value is -1.80. The van der Waals surface area contributed by atoms with Gasteiger partial charge in [0.25, 0.3) is 0 Å². The predicted octanol–water partition coefficient (Wildman–Crippen LogP) is 1.30. The summed E-state index contributed by atoms with van der Waals surface area (Å²) in [5.41, 5.74) is 1.70. The molecule has 1 aromatic rings. The summed E-state index contributed by atoms with van der Waals surface area (Å²) in [7, 11) is -3.12. The lowest BCUT2D eigenvalue weighted by Gasteiger charge is -2.34. The van der Waals surface area contributed by atoms with Crippen molar-refractivity contribution in [1.82, 2.24) is 9.62 Å². The van der Waals surface area contributed by atoms with Crippen LogP contribution in [0.4, 0.5) is 16.2 Å². The van der Waals surface area contributed by atoms with E-state index in [-0.39, 0.29) is 6.03 Å². The topological polar surface area (TPSA) is 81.8 Å². The van der Waals surface area contributed by atoms with Crippen molar-refractivity contribution in [2.45, 2.75) is 13.3 Å². The molecule has 1 heterocycles. The first-order valence-corrected chi connectivity index (χ1v) is 9.60. The molecular formula is C15H24N4O3S. The molecule has 7 nitrogen and oxygen atoms in total. The Morgan fingerprint density at radius 2 is 1.91 bits per heavy atom. The van der Waals surface area contributed by atoms with Gasteiger partial charge >= 0.3 is 6.03 Å². The van der Waals surface area contributed by atoms with Crippen molar-refractivity contribution >= 4 is 27.4 Å². The van der Waals surface area contributed by atoms with Crippen molar-refractivity contribution in [2.24, 2.45) is 0 Å². The molecule has 0 radical (unpaired) electrons. The van der Waals surface area contributed by atoms with Gasteiger partial charge in [0.05, 0.1) is 6.26 Å². The van der Waals surface area contributed by atoms with Gasteiger partial charge in [-0.05, 0) is 24.6 Å². The van der Waals surface area contributed by atoms with Crippen LogP contribution in [0.1, 0.15) is 13.3 Å². The van der Waals surface area contributed by atoms with Crippen LogP contribution in [0.5, 0.6) is 0 Å². The highest BCUT2D eigenvalue weighted by atomic mass is 32.2. The maximum atomic E-state index is 11.7. The minimum absolute atomic E-state index is 0.217. The normalized spacial score (nSPS) is 16.2. The largest absolute Gasteiger partial charge is 0.369 e. The van der Waals surface area contributed by atoms with Gasteiger partial charge in [-0.3, -0.25) is 0 Å². The highest BCUT2D eigenvalue weighted by molar-refractivity contribution is 7.88. The van der Waals surface area contributed by atoms with Crippen LogP contribution in [-0.2, 0) is 10.0 Å². The number of carbonyl (C=O) groups is 1. The fraction of sp³-hybridized carbons (Fsp3) is 0.533. The number of urea groups is 1. The predicted molar refractivity (Wildman–Crippen MR) is 92.4 cm³/mol. The Morgan fingerprint density at radius 3 is 2.52 bits per heavy atom. The smallest absolute Gasteiger partial charge is 0.319 e. The number of hydrogen-bond acceptors (Lipinski definition) is 4. The maximum Gasteiger partial charge on any atom is 0.319 e. The molecule has 23 heavy (non-hydrogen) atoms.